The maximum atomic E-state index is 12.4. The van der Waals surface area contributed by atoms with E-state index >= 15 is 0 Å². The molecule has 0 atom stereocenters. The van der Waals surface area contributed by atoms with Gasteiger partial charge in [0.2, 0.25) is 5.91 Å². The van der Waals surface area contributed by atoms with E-state index in [1.807, 2.05) is 4.90 Å². The van der Waals surface area contributed by atoms with Crippen molar-refractivity contribution in [1.29, 1.82) is 0 Å². The molecule has 0 bridgehead atoms. The lowest BCUT2D eigenvalue weighted by atomic mass is 10.1. The molecule has 2 rings (SSSR count). The highest BCUT2D eigenvalue weighted by Gasteiger charge is 2.31. The number of hydrogen-bond acceptors (Lipinski definition) is 2. The van der Waals surface area contributed by atoms with E-state index < -0.39 is 0 Å². The van der Waals surface area contributed by atoms with E-state index in [0.717, 1.165) is 24.9 Å². The van der Waals surface area contributed by atoms with Gasteiger partial charge in [0.25, 0.3) is 0 Å². The normalized spacial score (nSPS) is 14.7. The lowest BCUT2D eigenvalue weighted by Crippen LogP contribution is -2.34. The number of hydrogen-bond donors (Lipinski definition) is 0. The molecule has 1 aliphatic rings. The average Bonchev–Trinajstić information content (AvgIpc) is 3.26. The smallest absolute Gasteiger partial charge is 0.246 e. The predicted molar refractivity (Wildman–Crippen MR) is 86.6 cm³/mol. The minimum atomic E-state index is 0.0632. The standard InChI is InChI=1S/C17H22ClNO2/c1-12(2)11-19(15-6-7-15)17(20)9-4-13-10-14(18)5-8-16(13)21-3/h4-5,8-10,12,15H,6-7,11H2,1-3H3/b9-4+. The summed E-state index contributed by atoms with van der Waals surface area (Å²) in [7, 11) is 1.61. The van der Waals surface area contributed by atoms with Crippen LogP contribution in [0.5, 0.6) is 5.75 Å². The first-order chi connectivity index (χ1) is 10.0. The van der Waals surface area contributed by atoms with Crippen molar-refractivity contribution in [3.8, 4) is 5.75 Å². The van der Waals surface area contributed by atoms with Crippen LogP contribution >= 0.6 is 11.6 Å². The van der Waals surface area contributed by atoms with Crippen LogP contribution in [-0.2, 0) is 4.79 Å². The van der Waals surface area contributed by atoms with Crippen LogP contribution in [0.25, 0.3) is 6.08 Å². The van der Waals surface area contributed by atoms with E-state index in [4.69, 9.17) is 16.3 Å². The number of nitrogens with zero attached hydrogens (tertiary/aromatic N) is 1. The third-order valence-electron chi connectivity index (χ3n) is 3.43. The van der Waals surface area contributed by atoms with Gasteiger partial charge in [0, 0.05) is 29.2 Å². The molecule has 0 unspecified atom stereocenters. The molecule has 3 nitrogen and oxygen atoms in total. The number of benzene rings is 1. The van der Waals surface area contributed by atoms with Crippen molar-refractivity contribution in [2.45, 2.75) is 32.7 Å². The molecule has 0 heterocycles. The van der Waals surface area contributed by atoms with Gasteiger partial charge in [-0.15, -0.1) is 0 Å². The SMILES string of the molecule is COc1ccc(Cl)cc1/C=C/C(=O)N(CC(C)C)C1CC1. The van der Waals surface area contributed by atoms with Gasteiger partial charge in [-0.3, -0.25) is 4.79 Å². The monoisotopic (exact) mass is 307 g/mol. The summed E-state index contributed by atoms with van der Waals surface area (Å²) in [4.78, 5) is 14.4. The zero-order chi connectivity index (χ0) is 15.4. The Morgan fingerprint density at radius 2 is 2.19 bits per heavy atom. The molecule has 0 saturated heterocycles. The maximum Gasteiger partial charge on any atom is 0.246 e. The molecule has 1 amide bonds. The van der Waals surface area contributed by atoms with Crippen LogP contribution in [0.15, 0.2) is 24.3 Å². The number of ether oxygens (including phenoxy) is 1. The molecule has 1 aromatic rings. The second-order valence-electron chi connectivity index (χ2n) is 5.84. The minimum absolute atomic E-state index is 0.0632. The average molecular weight is 308 g/mol. The summed E-state index contributed by atoms with van der Waals surface area (Å²) in [6.07, 6.45) is 5.64. The highest BCUT2D eigenvalue weighted by atomic mass is 35.5. The number of methoxy groups -OCH3 is 1. The van der Waals surface area contributed by atoms with Crippen molar-refractivity contribution in [3.05, 3.63) is 34.9 Å². The zero-order valence-corrected chi connectivity index (χ0v) is 13.6. The zero-order valence-electron chi connectivity index (χ0n) is 12.8. The number of amides is 1. The molecular weight excluding hydrogens is 286 g/mol. The molecule has 1 fully saturated rings. The number of carbonyl (C=O) groups excluding carboxylic acids is 1. The molecule has 0 aromatic heterocycles. The van der Waals surface area contributed by atoms with Crippen molar-refractivity contribution in [1.82, 2.24) is 4.90 Å². The van der Waals surface area contributed by atoms with E-state index in [0.29, 0.717) is 22.7 Å². The Labute approximate surface area is 131 Å². The van der Waals surface area contributed by atoms with E-state index in [1.54, 1.807) is 37.5 Å². The van der Waals surface area contributed by atoms with Crippen LogP contribution in [-0.4, -0.2) is 30.5 Å². The van der Waals surface area contributed by atoms with Crippen molar-refractivity contribution in [2.24, 2.45) is 5.92 Å². The molecular formula is C17H22ClNO2. The first-order valence-corrected chi connectivity index (χ1v) is 7.71. The van der Waals surface area contributed by atoms with Gasteiger partial charge < -0.3 is 9.64 Å². The fraction of sp³-hybridized carbons (Fsp3) is 0.471. The van der Waals surface area contributed by atoms with E-state index in [9.17, 15) is 4.79 Å². The van der Waals surface area contributed by atoms with Gasteiger partial charge in [-0.1, -0.05) is 25.4 Å². The third-order valence-corrected chi connectivity index (χ3v) is 3.66. The lowest BCUT2D eigenvalue weighted by Gasteiger charge is -2.22. The van der Waals surface area contributed by atoms with E-state index in [1.165, 1.54) is 0 Å². The number of halogens is 1. The van der Waals surface area contributed by atoms with Crippen molar-refractivity contribution < 1.29 is 9.53 Å². The molecule has 0 radical (unpaired) electrons. The Bertz CT molecular complexity index is 536. The Morgan fingerprint density at radius 3 is 2.76 bits per heavy atom. The molecule has 0 aliphatic heterocycles. The summed E-state index contributed by atoms with van der Waals surface area (Å²) in [5.41, 5.74) is 0.818. The van der Waals surface area contributed by atoms with Crippen LogP contribution < -0.4 is 4.74 Å². The molecule has 0 spiro atoms. The fourth-order valence-electron chi connectivity index (χ4n) is 2.29. The molecule has 1 aromatic carbocycles. The second kappa shape index (κ2) is 6.99. The summed E-state index contributed by atoms with van der Waals surface area (Å²) < 4.78 is 5.28. The van der Waals surface area contributed by atoms with Crippen LogP contribution in [0.4, 0.5) is 0 Å². The Balaban J connectivity index is 2.12. The first kappa shape index (κ1) is 15.9. The molecule has 1 aliphatic carbocycles. The highest BCUT2D eigenvalue weighted by molar-refractivity contribution is 6.30. The second-order valence-corrected chi connectivity index (χ2v) is 6.27. The van der Waals surface area contributed by atoms with Crippen LogP contribution in [0.2, 0.25) is 5.02 Å². The summed E-state index contributed by atoms with van der Waals surface area (Å²) in [6, 6.07) is 5.80. The molecule has 4 heteroatoms. The van der Waals surface area contributed by atoms with Gasteiger partial charge in [0.15, 0.2) is 0 Å². The first-order valence-electron chi connectivity index (χ1n) is 7.33. The summed E-state index contributed by atoms with van der Waals surface area (Å²) in [5.74, 6) is 1.25. The quantitative estimate of drug-likeness (QED) is 0.743. The minimum Gasteiger partial charge on any atom is -0.496 e. The Morgan fingerprint density at radius 1 is 1.48 bits per heavy atom. The van der Waals surface area contributed by atoms with Crippen molar-refractivity contribution in [2.75, 3.05) is 13.7 Å². The van der Waals surface area contributed by atoms with Crippen LogP contribution in [0.3, 0.4) is 0 Å². The van der Waals surface area contributed by atoms with Gasteiger partial charge >= 0.3 is 0 Å². The molecule has 21 heavy (non-hydrogen) atoms. The Hall–Kier alpha value is -1.48. The van der Waals surface area contributed by atoms with Gasteiger partial charge in [0.05, 0.1) is 7.11 Å². The largest absolute Gasteiger partial charge is 0.496 e. The van der Waals surface area contributed by atoms with Crippen LogP contribution in [0, 0.1) is 5.92 Å². The van der Waals surface area contributed by atoms with E-state index in [-0.39, 0.29) is 5.91 Å². The lowest BCUT2D eigenvalue weighted by molar-refractivity contribution is -0.127. The fourth-order valence-corrected chi connectivity index (χ4v) is 2.47. The van der Waals surface area contributed by atoms with Crippen molar-refractivity contribution >= 4 is 23.6 Å². The summed E-state index contributed by atoms with van der Waals surface area (Å²) >= 11 is 6.00. The van der Waals surface area contributed by atoms with Gasteiger partial charge in [-0.05, 0) is 43.0 Å². The number of carbonyl (C=O) groups is 1. The van der Waals surface area contributed by atoms with Gasteiger partial charge in [0.1, 0.15) is 5.75 Å². The van der Waals surface area contributed by atoms with Gasteiger partial charge in [-0.25, -0.2) is 0 Å². The van der Waals surface area contributed by atoms with Crippen molar-refractivity contribution in [3.63, 3.8) is 0 Å². The predicted octanol–water partition coefficient (Wildman–Crippen LogP) is 4.01. The molecule has 0 N–H and O–H groups in total. The topological polar surface area (TPSA) is 29.5 Å². The highest BCUT2D eigenvalue weighted by Crippen LogP contribution is 2.28. The van der Waals surface area contributed by atoms with Crippen LogP contribution in [0.1, 0.15) is 32.3 Å². The maximum absolute atomic E-state index is 12.4. The number of rotatable bonds is 6. The molecule has 1 saturated carbocycles. The van der Waals surface area contributed by atoms with E-state index in [2.05, 4.69) is 13.8 Å². The third kappa shape index (κ3) is 4.50. The van der Waals surface area contributed by atoms with Gasteiger partial charge in [-0.2, -0.15) is 0 Å². The summed E-state index contributed by atoms with van der Waals surface area (Å²) in [6.45, 7) is 5.07. The Kier molecular flexibility index (Phi) is 5.29. The summed E-state index contributed by atoms with van der Waals surface area (Å²) in [5, 5.41) is 0.629. The molecule has 114 valence electrons.